The van der Waals surface area contributed by atoms with Gasteiger partial charge in [-0.3, -0.25) is 0 Å². The van der Waals surface area contributed by atoms with E-state index in [0.29, 0.717) is 5.41 Å². The van der Waals surface area contributed by atoms with E-state index in [4.69, 9.17) is 23.2 Å². The highest BCUT2D eigenvalue weighted by atomic mass is 35.5. The molecule has 1 aromatic carbocycles. The highest BCUT2D eigenvalue weighted by molar-refractivity contribution is 6.35. The van der Waals surface area contributed by atoms with Crippen molar-refractivity contribution >= 4 is 23.2 Å². The van der Waals surface area contributed by atoms with E-state index >= 15 is 0 Å². The van der Waals surface area contributed by atoms with Crippen LogP contribution in [0.4, 0.5) is 0 Å². The van der Waals surface area contributed by atoms with Crippen molar-refractivity contribution in [3.63, 3.8) is 0 Å². The maximum atomic E-state index is 6.29. The van der Waals surface area contributed by atoms with Crippen LogP contribution in [0.25, 0.3) is 0 Å². The summed E-state index contributed by atoms with van der Waals surface area (Å²) in [5, 5.41) is 5.01. The van der Waals surface area contributed by atoms with Crippen molar-refractivity contribution in [3.05, 3.63) is 33.8 Å². The highest BCUT2D eigenvalue weighted by Gasteiger charge is 2.32. The summed E-state index contributed by atoms with van der Waals surface area (Å²) < 4.78 is 0. The fourth-order valence-electron chi connectivity index (χ4n) is 3.40. The minimum Gasteiger partial charge on any atom is -0.317 e. The standard InChI is InChI=1S/C17H25Cl2N/c1-2-20-12-11-17(8-3-4-9-17)10-7-14-5-6-15(18)13-16(14)19/h5-6,13,20H,2-4,7-12H2,1H3. The average molecular weight is 314 g/mol. The van der Waals surface area contributed by atoms with Gasteiger partial charge in [-0.2, -0.15) is 0 Å². The second kappa shape index (κ2) is 7.68. The van der Waals surface area contributed by atoms with Crippen LogP contribution in [-0.4, -0.2) is 13.1 Å². The molecule has 1 saturated carbocycles. The molecule has 112 valence electrons. The minimum absolute atomic E-state index is 0.533. The van der Waals surface area contributed by atoms with Crippen LogP contribution in [0.15, 0.2) is 18.2 Å². The van der Waals surface area contributed by atoms with Crippen LogP contribution in [0.2, 0.25) is 10.0 Å². The summed E-state index contributed by atoms with van der Waals surface area (Å²) >= 11 is 12.3. The molecule has 1 aromatic rings. The van der Waals surface area contributed by atoms with Crippen LogP contribution < -0.4 is 5.32 Å². The van der Waals surface area contributed by atoms with Gasteiger partial charge < -0.3 is 5.32 Å². The molecule has 20 heavy (non-hydrogen) atoms. The molecular formula is C17H25Cl2N. The van der Waals surface area contributed by atoms with E-state index in [-0.39, 0.29) is 0 Å². The second-order valence-corrected chi connectivity index (χ2v) is 6.89. The maximum absolute atomic E-state index is 6.29. The van der Waals surface area contributed by atoms with Crippen molar-refractivity contribution in [3.8, 4) is 0 Å². The third-order valence-electron chi connectivity index (χ3n) is 4.69. The number of hydrogen-bond donors (Lipinski definition) is 1. The molecule has 0 bridgehead atoms. The molecular weight excluding hydrogens is 289 g/mol. The van der Waals surface area contributed by atoms with Gasteiger partial charge >= 0.3 is 0 Å². The van der Waals surface area contributed by atoms with E-state index in [1.807, 2.05) is 12.1 Å². The average Bonchev–Trinajstić information content (AvgIpc) is 2.87. The Morgan fingerprint density at radius 1 is 1.15 bits per heavy atom. The minimum atomic E-state index is 0.533. The van der Waals surface area contributed by atoms with Gasteiger partial charge in [0.1, 0.15) is 0 Å². The maximum Gasteiger partial charge on any atom is 0.0452 e. The topological polar surface area (TPSA) is 12.0 Å². The second-order valence-electron chi connectivity index (χ2n) is 6.05. The first-order valence-corrected chi connectivity index (χ1v) is 8.55. The van der Waals surface area contributed by atoms with Gasteiger partial charge in [0.25, 0.3) is 0 Å². The van der Waals surface area contributed by atoms with Crippen LogP contribution >= 0.6 is 23.2 Å². The number of halogens is 2. The number of nitrogens with one attached hydrogen (secondary N) is 1. The highest BCUT2D eigenvalue weighted by Crippen LogP contribution is 2.44. The number of aryl methyl sites for hydroxylation is 1. The van der Waals surface area contributed by atoms with Crippen LogP contribution in [0.3, 0.4) is 0 Å². The zero-order valence-corrected chi connectivity index (χ0v) is 13.9. The molecule has 3 heteroatoms. The Labute approximate surface area is 133 Å². The van der Waals surface area contributed by atoms with Crippen molar-refractivity contribution < 1.29 is 0 Å². The summed E-state index contributed by atoms with van der Waals surface area (Å²) in [4.78, 5) is 0. The summed E-state index contributed by atoms with van der Waals surface area (Å²) in [5.41, 5.74) is 1.77. The third kappa shape index (κ3) is 4.38. The first-order chi connectivity index (χ1) is 9.65. The van der Waals surface area contributed by atoms with Gasteiger partial charge in [0.2, 0.25) is 0 Å². The Bertz CT molecular complexity index is 425. The predicted molar refractivity (Wildman–Crippen MR) is 88.8 cm³/mol. The normalized spacial score (nSPS) is 17.6. The Morgan fingerprint density at radius 2 is 1.90 bits per heavy atom. The van der Waals surface area contributed by atoms with Crippen LogP contribution in [0.1, 0.15) is 51.0 Å². The fraction of sp³-hybridized carbons (Fsp3) is 0.647. The SMILES string of the molecule is CCNCCC1(CCc2ccc(Cl)cc2Cl)CCCC1. The molecule has 1 N–H and O–H groups in total. The van der Waals surface area contributed by atoms with Crippen LogP contribution in [0.5, 0.6) is 0 Å². The van der Waals surface area contributed by atoms with Crippen molar-refractivity contribution in [1.29, 1.82) is 0 Å². The molecule has 2 rings (SSSR count). The lowest BCUT2D eigenvalue weighted by molar-refractivity contribution is 0.246. The zero-order chi connectivity index (χ0) is 14.4. The number of hydrogen-bond acceptors (Lipinski definition) is 1. The zero-order valence-electron chi connectivity index (χ0n) is 12.4. The van der Waals surface area contributed by atoms with Gasteiger partial charge in [-0.05, 0) is 68.3 Å². The molecule has 1 nitrogen and oxygen atoms in total. The summed E-state index contributed by atoms with van der Waals surface area (Å²) in [5.74, 6) is 0. The van der Waals surface area contributed by atoms with Crippen molar-refractivity contribution in [1.82, 2.24) is 5.32 Å². The monoisotopic (exact) mass is 313 g/mol. The summed E-state index contributed by atoms with van der Waals surface area (Å²) in [6, 6.07) is 5.89. The van der Waals surface area contributed by atoms with Crippen LogP contribution in [0, 0.1) is 5.41 Å². The Kier molecular flexibility index (Phi) is 6.20. The summed E-state index contributed by atoms with van der Waals surface area (Å²) in [7, 11) is 0. The molecule has 0 aromatic heterocycles. The molecule has 1 aliphatic rings. The van der Waals surface area contributed by atoms with Gasteiger partial charge in [0.05, 0.1) is 0 Å². The van der Waals surface area contributed by atoms with E-state index in [0.717, 1.165) is 29.6 Å². The van der Waals surface area contributed by atoms with Gasteiger partial charge in [-0.15, -0.1) is 0 Å². The quantitative estimate of drug-likeness (QED) is 0.657. The third-order valence-corrected chi connectivity index (χ3v) is 5.27. The lowest BCUT2D eigenvalue weighted by Crippen LogP contribution is -2.25. The van der Waals surface area contributed by atoms with E-state index < -0.39 is 0 Å². The first kappa shape index (κ1) is 16.1. The fourth-order valence-corrected chi connectivity index (χ4v) is 3.91. The molecule has 0 saturated heterocycles. The summed E-state index contributed by atoms with van der Waals surface area (Å²) in [6.07, 6.45) is 9.15. The summed E-state index contributed by atoms with van der Waals surface area (Å²) in [6.45, 7) is 4.39. The molecule has 0 aliphatic heterocycles. The molecule has 0 radical (unpaired) electrons. The molecule has 0 amide bonds. The predicted octanol–water partition coefficient (Wildman–Crippen LogP) is 5.49. The largest absolute Gasteiger partial charge is 0.317 e. The van der Waals surface area contributed by atoms with Gasteiger partial charge in [0.15, 0.2) is 0 Å². The Hall–Kier alpha value is -0.240. The van der Waals surface area contributed by atoms with E-state index in [1.54, 1.807) is 0 Å². The molecule has 0 atom stereocenters. The first-order valence-electron chi connectivity index (χ1n) is 7.80. The number of benzene rings is 1. The Balaban J connectivity index is 1.94. The van der Waals surface area contributed by atoms with E-state index in [1.165, 1.54) is 44.1 Å². The molecule has 0 unspecified atom stereocenters. The number of rotatable bonds is 7. The van der Waals surface area contributed by atoms with E-state index in [2.05, 4.69) is 18.3 Å². The lowest BCUT2D eigenvalue weighted by Gasteiger charge is -2.29. The molecule has 1 fully saturated rings. The molecule has 0 heterocycles. The van der Waals surface area contributed by atoms with Crippen molar-refractivity contribution in [2.45, 2.75) is 51.9 Å². The van der Waals surface area contributed by atoms with Crippen molar-refractivity contribution in [2.75, 3.05) is 13.1 Å². The van der Waals surface area contributed by atoms with Gasteiger partial charge in [0, 0.05) is 10.0 Å². The van der Waals surface area contributed by atoms with Crippen LogP contribution in [-0.2, 0) is 6.42 Å². The Morgan fingerprint density at radius 3 is 2.55 bits per heavy atom. The van der Waals surface area contributed by atoms with Gasteiger partial charge in [-0.25, -0.2) is 0 Å². The molecule has 1 aliphatic carbocycles. The smallest absolute Gasteiger partial charge is 0.0452 e. The van der Waals surface area contributed by atoms with E-state index in [9.17, 15) is 0 Å². The van der Waals surface area contributed by atoms with Crippen molar-refractivity contribution in [2.24, 2.45) is 5.41 Å². The molecule has 0 spiro atoms. The van der Waals surface area contributed by atoms with Gasteiger partial charge in [-0.1, -0.05) is 49.0 Å². The lowest BCUT2D eigenvalue weighted by atomic mass is 9.77.